The highest BCUT2D eigenvalue weighted by Gasteiger charge is 2.22. The molecule has 2 saturated heterocycles. The molecule has 2 fully saturated rings. The van der Waals surface area contributed by atoms with Crippen LogP contribution in [0.25, 0.3) is 0 Å². The van der Waals surface area contributed by atoms with E-state index in [4.69, 9.17) is 5.10 Å². The predicted octanol–water partition coefficient (Wildman–Crippen LogP) is 4.94. The highest BCUT2D eigenvalue weighted by molar-refractivity contribution is 5.32. The Morgan fingerprint density at radius 1 is 0.943 bits per heavy atom. The third-order valence-corrected chi connectivity index (χ3v) is 7.44. The summed E-state index contributed by atoms with van der Waals surface area (Å²) in [4.78, 5) is 7.86. The van der Waals surface area contributed by atoms with E-state index in [-0.39, 0.29) is 5.92 Å². The van der Waals surface area contributed by atoms with Gasteiger partial charge in [-0.3, -0.25) is 14.5 Å². The first kappa shape index (κ1) is 25.6. The van der Waals surface area contributed by atoms with Crippen LogP contribution in [0.4, 0.5) is 0 Å². The predicted molar refractivity (Wildman–Crippen MR) is 147 cm³/mol. The Kier molecular flexibility index (Phi) is 9.52. The average Bonchev–Trinajstić information content (AvgIpc) is 3.55. The van der Waals surface area contributed by atoms with Gasteiger partial charge in [0.25, 0.3) is 0 Å². The summed E-state index contributed by atoms with van der Waals surface area (Å²) < 4.78 is 2.11. The van der Waals surface area contributed by atoms with E-state index < -0.39 is 0 Å². The lowest BCUT2D eigenvalue weighted by molar-refractivity contribution is 0.117. The Bertz CT molecular complexity index is 975. The van der Waals surface area contributed by atoms with Crippen molar-refractivity contribution in [3.63, 3.8) is 0 Å². The summed E-state index contributed by atoms with van der Waals surface area (Å²) >= 11 is 0. The molecule has 3 heterocycles. The maximum atomic E-state index is 5.07. The van der Waals surface area contributed by atoms with E-state index in [0.717, 1.165) is 45.0 Å². The average molecular weight is 474 g/mol. The second-order valence-corrected chi connectivity index (χ2v) is 10.0. The van der Waals surface area contributed by atoms with Gasteiger partial charge in [-0.1, -0.05) is 60.2 Å². The van der Waals surface area contributed by atoms with Gasteiger partial charge in [0, 0.05) is 63.5 Å². The van der Waals surface area contributed by atoms with Crippen molar-refractivity contribution in [2.24, 2.45) is 0 Å². The van der Waals surface area contributed by atoms with Gasteiger partial charge in [0.2, 0.25) is 0 Å². The topological polar surface area (TPSA) is 27.5 Å². The lowest BCUT2D eigenvalue weighted by Crippen LogP contribution is -2.47. The normalized spacial score (nSPS) is 19.5. The molecule has 1 aromatic carbocycles. The van der Waals surface area contributed by atoms with E-state index in [2.05, 4.69) is 94.6 Å². The molecule has 0 bridgehead atoms. The van der Waals surface area contributed by atoms with E-state index in [1.54, 1.807) is 0 Å². The van der Waals surface area contributed by atoms with Gasteiger partial charge in [0.15, 0.2) is 0 Å². The van der Waals surface area contributed by atoms with Crippen LogP contribution in [-0.2, 0) is 13.1 Å². The maximum absolute atomic E-state index is 5.07. The van der Waals surface area contributed by atoms with Crippen molar-refractivity contribution in [1.29, 1.82) is 0 Å². The molecule has 5 nitrogen and oxygen atoms in total. The molecule has 0 aliphatic carbocycles. The number of aromatic nitrogens is 2. The van der Waals surface area contributed by atoms with Gasteiger partial charge >= 0.3 is 0 Å². The number of piperazine rings is 1. The van der Waals surface area contributed by atoms with Gasteiger partial charge in [0.1, 0.15) is 0 Å². The first-order valence-electron chi connectivity index (χ1n) is 13.4. The van der Waals surface area contributed by atoms with Gasteiger partial charge < -0.3 is 4.90 Å². The fraction of sp³-hybridized carbons (Fsp3) is 0.500. The zero-order valence-corrected chi connectivity index (χ0v) is 21.8. The third-order valence-electron chi connectivity index (χ3n) is 7.44. The molecule has 0 saturated carbocycles. The third kappa shape index (κ3) is 7.50. The molecule has 1 unspecified atom stereocenters. The van der Waals surface area contributed by atoms with Crippen molar-refractivity contribution in [3.05, 3.63) is 89.8 Å². The summed E-state index contributed by atoms with van der Waals surface area (Å²) in [5.74, 6) is 0.110. The number of allylic oxidation sites excluding steroid dienone is 5. The van der Waals surface area contributed by atoms with Crippen molar-refractivity contribution in [3.8, 4) is 0 Å². The van der Waals surface area contributed by atoms with Crippen LogP contribution in [0.5, 0.6) is 0 Å². The molecule has 2 aliphatic rings. The van der Waals surface area contributed by atoms with Crippen LogP contribution in [0.1, 0.15) is 49.4 Å². The van der Waals surface area contributed by atoms with Crippen molar-refractivity contribution >= 4 is 0 Å². The summed E-state index contributed by atoms with van der Waals surface area (Å²) in [6.45, 7) is 19.7. The van der Waals surface area contributed by atoms with E-state index in [1.165, 1.54) is 55.7 Å². The molecule has 0 N–H and O–H groups in total. The van der Waals surface area contributed by atoms with E-state index in [0.29, 0.717) is 0 Å². The zero-order chi connectivity index (χ0) is 24.5. The Hall–Kier alpha value is -2.47. The number of benzene rings is 1. The maximum Gasteiger partial charge on any atom is 0.0776 e. The molecule has 5 heteroatoms. The van der Waals surface area contributed by atoms with Crippen LogP contribution < -0.4 is 0 Å². The number of rotatable bonds is 11. The van der Waals surface area contributed by atoms with Gasteiger partial charge in [-0.2, -0.15) is 5.10 Å². The lowest BCUT2D eigenvalue weighted by atomic mass is 10.00. The first-order chi connectivity index (χ1) is 17.1. The van der Waals surface area contributed by atoms with Crippen LogP contribution >= 0.6 is 0 Å². The number of likely N-dealkylation sites (tertiary alicyclic amines) is 1. The molecular formula is C30H43N5. The summed E-state index contributed by atoms with van der Waals surface area (Å²) in [5, 5.41) is 5.07. The second-order valence-electron chi connectivity index (χ2n) is 10.0. The first-order valence-corrected chi connectivity index (χ1v) is 13.4. The fourth-order valence-corrected chi connectivity index (χ4v) is 5.07. The van der Waals surface area contributed by atoms with E-state index in [1.807, 2.05) is 6.08 Å². The highest BCUT2D eigenvalue weighted by atomic mass is 15.3. The van der Waals surface area contributed by atoms with Crippen LogP contribution in [0, 0.1) is 0 Å². The summed E-state index contributed by atoms with van der Waals surface area (Å²) in [6, 6.07) is 10.6. The standard InChI is InChI=1S/C30H43N5/c1-4-26(3)13-14-28(5-2)30-29(25-35(31-30)23-27-11-7-6-8-12-27)24-34-21-19-33(20-22-34)18-17-32-15-9-10-16-32/h4-8,11-14,25,28H,2,9-10,15-24H2,1,3H3/b14-13-,26-4-. The molecule has 4 rings (SSSR count). The second kappa shape index (κ2) is 13.0. The minimum absolute atomic E-state index is 0.110. The van der Waals surface area contributed by atoms with Gasteiger partial charge in [-0.25, -0.2) is 0 Å². The van der Waals surface area contributed by atoms with E-state index >= 15 is 0 Å². The molecule has 188 valence electrons. The Morgan fingerprint density at radius 3 is 2.26 bits per heavy atom. The molecule has 0 radical (unpaired) electrons. The van der Waals surface area contributed by atoms with Crippen LogP contribution in [0.2, 0.25) is 0 Å². The molecule has 0 amide bonds. The zero-order valence-electron chi connectivity index (χ0n) is 21.8. The van der Waals surface area contributed by atoms with Crippen LogP contribution in [0.3, 0.4) is 0 Å². The minimum atomic E-state index is 0.110. The Balaban J connectivity index is 1.42. The number of nitrogens with zero attached hydrogens (tertiary/aromatic N) is 5. The largest absolute Gasteiger partial charge is 0.302 e. The van der Waals surface area contributed by atoms with Gasteiger partial charge in [-0.15, -0.1) is 6.58 Å². The van der Waals surface area contributed by atoms with Crippen molar-refractivity contribution in [2.75, 3.05) is 52.4 Å². The SMILES string of the molecule is C=CC(/C=C\C(C)=C/C)c1nn(Cc2ccccc2)cc1CN1CCN(CCN2CCCC2)CC1. The lowest BCUT2D eigenvalue weighted by Gasteiger charge is -2.35. The molecule has 1 atom stereocenters. The van der Waals surface area contributed by atoms with Crippen LogP contribution in [0.15, 0.2) is 73.0 Å². The van der Waals surface area contributed by atoms with Gasteiger partial charge in [-0.05, 0) is 45.3 Å². The molecule has 2 aromatic rings. The van der Waals surface area contributed by atoms with Crippen molar-refractivity contribution in [2.45, 2.75) is 45.7 Å². The summed E-state index contributed by atoms with van der Waals surface area (Å²) in [6.07, 6.45) is 13.6. The minimum Gasteiger partial charge on any atom is -0.302 e. The van der Waals surface area contributed by atoms with Crippen molar-refractivity contribution in [1.82, 2.24) is 24.5 Å². The Morgan fingerprint density at radius 2 is 1.60 bits per heavy atom. The Labute approximate surface area is 212 Å². The molecule has 2 aliphatic heterocycles. The van der Waals surface area contributed by atoms with E-state index in [9.17, 15) is 0 Å². The highest BCUT2D eigenvalue weighted by Crippen LogP contribution is 2.24. The smallest absolute Gasteiger partial charge is 0.0776 e. The number of hydrogen-bond acceptors (Lipinski definition) is 4. The quantitative estimate of drug-likeness (QED) is 0.341. The number of hydrogen-bond donors (Lipinski definition) is 0. The molecule has 0 spiro atoms. The molecule has 1 aromatic heterocycles. The van der Waals surface area contributed by atoms with Crippen molar-refractivity contribution < 1.29 is 0 Å². The monoisotopic (exact) mass is 473 g/mol. The van der Waals surface area contributed by atoms with Crippen LogP contribution in [-0.4, -0.2) is 76.8 Å². The summed E-state index contributed by atoms with van der Waals surface area (Å²) in [7, 11) is 0. The van der Waals surface area contributed by atoms with Gasteiger partial charge in [0.05, 0.1) is 12.2 Å². The summed E-state index contributed by atoms with van der Waals surface area (Å²) in [5.41, 5.74) is 4.98. The molecule has 35 heavy (non-hydrogen) atoms. The fourth-order valence-electron chi connectivity index (χ4n) is 5.07. The molecular weight excluding hydrogens is 430 g/mol.